The van der Waals surface area contributed by atoms with E-state index in [1.54, 1.807) is 0 Å². The first kappa shape index (κ1) is 13.8. The summed E-state index contributed by atoms with van der Waals surface area (Å²) in [6.07, 6.45) is -0.642. The van der Waals surface area contributed by atoms with Crippen LogP contribution < -0.4 is 0 Å². The van der Waals surface area contributed by atoms with Crippen LogP contribution in [0, 0.1) is 0 Å². The molecule has 86 valence electrons. The van der Waals surface area contributed by atoms with Crippen LogP contribution in [-0.2, 0) is 4.74 Å². The summed E-state index contributed by atoms with van der Waals surface area (Å²) in [6, 6.07) is 0. The lowest BCUT2D eigenvalue weighted by atomic mass is 10.3. The van der Waals surface area contributed by atoms with Crippen LogP contribution in [0.4, 0.5) is 0 Å². The Morgan fingerprint density at radius 3 is 1.64 bits per heavy atom. The normalized spacial score (nSPS) is 26.4. The molecule has 0 aromatic carbocycles. The van der Waals surface area contributed by atoms with Crippen molar-refractivity contribution in [1.82, 2.24) is 0 Å². The van der Waals surface area contributed by atoms with Crippen LogP contribution in [0.5, 0.6) is 0 Å². The zero-order valence-electron chi connectivity index (χ0n) is 7.91. The molecule has 0 spiro atoms. The van der Waals surface area contributed by atoms with Gasteiger partial charge in [-0.15, -0.1) is 0 Å². The Bertz CT molecular complexity index is 120. The number of aliphatic hydroxyl groups excluding tert-OH is 5. The lowest BCUT2D eigenvalue weighted by molar-refractivity contribution is 0.0721. The summed E-state index contributed by atoms with van der Waals surface area (Å²) in [5.74, 6) is 0. The van der Waals surface area contributed by atoms with Crippen molar-refractivity contribution in [2.24, 2.45) is 0 Å². The standard InChI is InChI=1S/C4H8O3.C4H10O3/c5-1-3-4(2-6)7-3;5-2-1-4(7)3-6/h3-6H,1-2H2;4-7H,1-3H2. The maximum atomic E-state index is 8.45. The topological polar surface area (TPSA) is 114 Å². The van der Waals surface area contributed by atoms with Gasteiger partial charge in [-0.2, -0.15) is 0 Å². The highest BCUT2D eigenvalue weighted by Gasteiger charge is 2.36. The summed E-state index contributed by atoms with van der Waals surface area (Å²) in [5.41, 5.74) is 0. The molecule has 1 rings (SSSR count). The number of epoxide rings is 1. The highest BCUT2D eigenvalue weighted by Crippen LogP contribution is 2.19. The Morgan fingerprint density at radius 1 is 1.00 bits per heavy atom. The van der Waals surface area contributed by atoms with E-state index >= 15 is 0 Å². The monoisotopic (exact) mass is 210 g/mol. The third-order valence-electron chi connectivity index (χ3n) is 1.72. The zero-order valence-corrected chi connectivity index (χ0v) is 7.91. The van der Waals surface area contributed by atoms with E-state index in [9.17, 15) is 0 Å². The van der Waals surface area contributed by atoms with E-state index < -0.39 is 6.10 Å². The summed E-state index contributed by atoms with van der Waals surface area (Å²) in [7, 11) is 0. The Morgan fingerprint density at radius 2 is 1.50 bits per heavy atom. The molecule has 0 aromatic heterocycles. The first-order valence-corrected chi connectivity index (χ1v) is 4.46. The number of hydrogen-bond donors (Lipinski definition) is 5. The van der Waals surface area contributed by atoms with Gasteiger partial charge in [-0.25, -0.2) is 0 Å². The van der Waals surface area contributed by atoms with Gasteiger partial charge in [-0.3, -0.25) is 0 Å². The van der Waals surface area contributed by atoms with Gasteiger partial charge in [0.2, 0.25) is 0 Å². The Kier molecular flexibility index (Phi) is 7.96. The Balaban J connectivity index is 0.000000241. The molecule has 1 aliphatic rings. The van der Waals surface area contributed by atoms with Gasteiger partial charge in [0.1, 0.15) is 12.2 Å². The molecule has 0 amide bonds. The van der Waals surface area contributed by atoms with E-state index in [1.165, 1.54) is 0 Å². The average molecular weight is 210 g/mol. The minimum Gasteiger partial charge on any atom is -0.396 e. The molecular weight excluding hydrogens is 192 g/mol. The largest absolute Gasteiger partial charge is 0.396 e. The molecule has 0 radical (unpaired) electrons. The molecular formula is C8H18O6. The van der Waals surface area contributed by atoms with Gasteiger partial charge in [-0.05, 0) is 6.42 Å². The van der Waals surface area contributed by atoms with Crippen molar-refractivity contribution < 1.29 is 30.3 Å². The number of ether oxygens (including phenoxy) is 1. The molecule has 3 unspecified atom stereocenters. The van der Waals surface area contributed by atoms with E-state index in [1.807, 2.05) is 0 Å². The van der Waals surface area contributed by atoms with Crippen molar-refractivity contribution >= 4 is 0 Å². The van der Waals surface area contributed by atoms with Gasteiger partial charge >= 0.3 is 0 Å². The molecule has 3 atom stereocenters. The Hall–Kier alpha value is -0.240. The minimum atomic E-state index is -0.745. The molecule has 1 heterocycles. The summed E-state index contributed by atoms with van der Waals surface area (Å²) in [5, 5.41) is 41.2. The smallest absolute Gasteiger partial charge is 0.110 e. The van der Waals surface area contributed by atoms with Crippen LogP contribution in [0.15, 0.2) is 0 Å². The van der Waals surface area contributed by atoms with Crippen LogP contribution in [0.1, 0.15) is 6.42 Å². The molecule has 5 N–H and O–H groups in total. The predicted molar refractivity (Wildman–Crippen MR) is 47.6 cm³/mol. The second kappa shape index (κ2) is 8.10. The fourth-order valence-corrected chi connectivity index (χ4v) is 0.741. The van der Waals surface area contributed by atoms with Gasteiger partial charge in [0.25, 0.3) is 0 Å². The fourth-order valence-electron chi connectivity index (χ4n) is 0.741. The highest BCUT2D eigenvalue weighted by atomic mass is 16.6. The van der Waals surface area contributed by atoms with Crippen LogP contribution in [0.2, 0.25) is 0 Å². The summed E-state index contributed by atoms with van der Waals surface area (Å²) in [4.78, 5) is 0. The minimum absolute atomic E-state index is 0.0330. The molecule has 0 aromatic rings. The average Bonchev–Trinajstić information content (AvgIpc) is 2.97. The second-order valence-electron chi connectivity index (χ2n) is 2.93. The van der Waals surface area contributed by atoms with E-state index in [4.69, 9.17) is 30.3 Å². The molecule has 14 heavy (non-hydrogen) atoms. The first-order chi connectivity index (χ1) is 6.69. The SMILES string of the molecule is OCC1OC1CO.OCCC(O)CO. The maximum Gasteiger partial charge on any atom is 0.110 e. The van der Waals surface area contributed by atoms with E-state index in [0.29, 0.717) is 0 Å². The second-order valence-corrected chi connectivity index (χ2v) is 2.93. The van der Waals surface area contributed by atoms with Crippen molar-refractivity contribution in [3.05, 3.63) is 0 Å². The molecule has 0 saturated carbocycles. The van der Waals surface area contributed by atoms with Crippen molar-refractivity contribution in [3.63, 3.8) is 0 Å². The van der Waals surface area contributed by atoms with E-state index in [-0.39, 0.29) is 45.1 Å². The number of aliphatic hydroxyl groups is 5. The van der Waals surface area contributed by atoms with Crippen molar-refractivity contribution in [3.8, 4) is 0 Å². The lowest BCUT2D eigenvalue weighted by Gasteiger charge is -2.00. The quantitative estimate of drug-likeness (QED) is 0.319. The number of hydrogen-bond acceptors (Lipinski definition) is 6. The highest BCUT2D eigenvalue weighted by molar-refractivity contribution is 4.82. The van der Waals surface area contributed by atoms with Crippen LogP contribution >= 0.6 is 0 Å². The first-order valence-electron chi connectivity index (χ1n) is 4.46. The number of rotatable bonds is 5. The van der Waals surface area contributed by atoms with Gasteiger partial charge in [-0.1, -0.05) is 0 Å². The van der Waals surface area contributed by atoms with Crippen LogP contribution in [0.25, 0.3) is 0 Å². The molecule has 6 heteroatoms. The molecule has 1 aliphatic heterocycles. The van der Waals surface area contributed by atoms with Crippen molar-refractivity contribution in [1.29, 1.82) is 0 Å². The summed E-state index contributed by atoms with van der Waals surface area (Å²) < 4.78 is 4.72. The third kappa shape index (κ3) is 6.25. The van der Waals surface area contributed by atoms with Gasteiger partial charge in [0.15, 0.2) is 0 Å². The summed E-state index contributed by atoms with van der Waals surface area (Å²) in [6.45, 7) is -0.265. The molecule has 1 saturated heterocycles. The third-order valence-corrected chi connectivity index (χ3v) is 1.72. The van der Waals surface area contributed by atoms with Gasteiger partial charge < -0.3 is 30.3 Å². The lowest BCUT2D eigenvalue weighted by Crippen LogP contribution is -2.12. The van der Waals surface area contributed by atoms with E-state index in [0.717, 1.165) is 0 Å². The summed E-state index contributed by atoms with van der Waals surface area (Å²) >= 11 is 0. The molecule has 1 fully saturated rings. The van der Waals surface area contributed by atoms with Crippen molar-refractivity contribution in [2.75, 3.05) is 26.4 Å². The fraction of sp³-hybridized carbons (Fsp3) is 1.00. The van der Waals surface area contributed by atoms with E-state index in [2.05, 4.69) is 0 Å². The van der Waals surface area contributed by atoms with Gasteiger partial charge in [0, 0.05) is 6.61 Å². The molecule has 0 aliphatic carbocycles. The Labute approximate surface area is 82.4 Å². The van der Waals surface area contributed by atoms with Crippen molar-refractivity contribution in [2.45, 2.75) is 24.7 Å². The van der Waals surface area contributed by atoms with Crippen LogP contribution in [0.3, 0.4) is 0 Å². The zero-order chi connectivity index (χ0) is 11.0. The predicted octanol–water partition coefficient (Wildman–Crippen LogP) is -2.54. The van der Waals surface area contributed by atoms with Crippen LogP contribution in [-0.4, -0.2) is 70.3 Å². The van der Waals surface area contributed by atoms with Gasteiger partial charge in [0.05, 0.1) is 25.9 Å². The maximum absolute atomic E-state index is 8.45. The molecule has 0 bridgehead atoms. The molecule has 6 nitrogen and oxygen atoms in total.